The van der Waals surface area contributed by atoms with E-state index in [0.717, 1.165) is 32.1 Å². The Morgan fingerprint density at radius 2 is 1.79 bits per heavy atom. The molecule has 230 valence electrons. The number of nitrogens with zero attached hydrogens (tertiary/aromatic N) is 2. The van der Waals surface area contributed by atoms with E-state index in [1.807, 2.05) is 0 Å². The van der Waals surface area contributed by atoms with E-state index in [4.69, 9.17) is 4.74 Å². The van der Waals surface area contributed by atoms with Crippen LogP contribution in [0.2, 0.25) is 0 Å². The molecule has 2 atom stereocenters. The van der Waals surface area contributed by atoms with Crippen molar-refractivity contribution in [3.63, 3.8) is 0 Å². The summed E-state index contributed by atoms with van der Waals surface area (Å²) in [7, 11) is -4.00. The van der Waals surface area contributed by atoms with E-state index < -0.39 is 27.9 Å². The normalized spacial score (nSPS) is 18.3. The van der Waals surface area contributed by atoms with Gasteiger partial charge in [-0.1, -0.05) is 49.2 Å². The molecular weight excluding hydrogens is 594 g/mol. The van der Waals surface area contributed by atoms with Gasteiger partial charge in [-0.3, -0.25) is 9.59 Å². The van der Waals surface area contributed by atoms with Crippen LogP contribution in [0.3, 0.4) is 0 Å². The Morgan fingerprint density at radius 1 is 1.05 bits per heavy atom. The molecule has 2 aliphatic rings. The highest BCUT2D eigenvalue weighted by Crippen LogP contribution is 2.36. The van der Waals surface area contributed by atoms with Crippen LogP contribution in [0.15, 0.2) is 47.4 Å². The van der Waals surface area contributed by atoms with Gasteiger partial charge in [-0.25, -0.2) is 18.2 Å². The van der Waals surface area contributed by atoms with Gasteiger partial charge in [0.25, 0.3) is 0 Å². The molecule has 1 saturated heterocycles. The number of thiazole rings is 1. The van der Waals surface area contributed by atoms with Crippen LogP contribution in [0.5, 0.6) is 0 Å². The van der Waals surface area contributed by atoms with E-state index in [1.54, 1.807) is 18.2 Å². The van der Waals surface area contributed by atoms with E-state index in [0.29, 0.717) is 46.3 Å². The summed E-state index contributed by atoms with van der Waals surface area (Å²) in [5, 5.41) is 21.7. The van der Waals surface area contributed by atoms with Crippen molar-refractivity contribution < 1.29 is 37.8 Å². The lowest BCUT2D eigenvalue weighted by Gasteiger charge is -2.25. The van der Waals surface area contributed by atoms with Crippen molar-refractivity contribution in [1.29, 1.82) is 0 Å². The number of ether oxygens (including phenoxy) is 1. The van der Waals surface area contributed by atoms with Crippen LogP contribution in [0, 0.1) is 5.92 Å². The highest BCUT2D eigenvalue weighted by Gasteiger charge is 2.31. The smallest absolute Gasteiger partial charge is 0.335 e. The predicted octanol–water partition coefficient (Wildman–Crippen LogP) is 4.94. The summed E-state index contributed by atoms with van der Waals surface area (Å²) in [5.41, 5.74) is 1.40. The van der Waals surface area contributed by atoms with Crippen LogP contribution in [0.25, 0.3) is 10.2 Å². The Kier molecular flexibility index (Phi) is 9.75. The minimum Gasteiger partial charge on any atom is -0.481 e. The van der Waals surface area contributed by atoms with Gasteiger partial charge in [0.1, 0.15) is 0 Å². The van der Waals surface area contributed by atoms with Gasteiger partial charge in [0.05, 0.1) is 39.1 Å². The van der Waals surface area contributed by atoms with Crippen LogP contribution in [0.4, 0.5) is 5.13 Å². The molecule has 3 aromatic rings. The SMILES string of the molecule is O=C(O)CCN(C[C@H]1CCCO1)S(=O)(=O)c1ccc([C@@H](CC2CCCC2)C(=O)Nc2nc3ccc(C(=O)O)cc3s2)cc1. The molecule has 2 fully saturated rings. The van der Waals surface area contributed by atoms with Crippen LogP contribution < -0.4 is 5.32 Å². The molecule has 2 aromatic carbocycles. The molecule has 1 amide bonds. The molecule has 0 radical (unpaired) electrons. The van der Waals surface area contributed by atoms with E-state index in [1.165, 1.54) is 39.9 Å². The maximum atomic E-state index is 13.7. The number of carboxylic acids is 2. The first kappa shape index (κ1) is 31.0. The number of fused-ring (bicyclic) bond motifs is 1. The van der Waals surface area contributed by atoms with Gasteiger partial charge < -0.3 is 20.3 Å². The lowest BCUT2D eigenvalue weighted by atomic mass is 9.87. The molecule has 13 heteroatoms. The average Bonchev–Trinajstić information content (AvgIpc) is 3.76. The molecule has 43 heavy (non-hydrogen) atoms. The summed E-state index contributed by atoms with van der Waals surface area (Å²) in [4.78, 5) is 40.7. The Bertz CT molecular complexity index is 1580. The van der Waals surface area contributed by atoms with Crippen LogP contribution in [-0.4, -0.2) is 71.6 Å². The number of rotatable bonds is 13. The zero-order valence-electron chi connectivity index (χ0n) is 23.6. The highest BCUT2D eigenvalue weighted by atomic mass is 32.2. The zero-order valence-corrected chi connectivity index (χ0v) is 25.2. The molecule has 3 N–H and O–H groups in total. The van der Waals surface area contributed by atoms with Crippen molar-refractivity contribution in [3.05, 3.63) is 53.6 Å². The number of aromatic carboxylic acids is 1. The molecular formula is C30H35N3O8S2. The molecule has 0 unspecified atom stereocenters. The quantitative estimate of drug-likeness (QED) is 0.238. The van der Waals surface area contributed by atoms with Crippen LogP contribution >= 0.6 is 11.3 Å². The summed E-state index contributed by atoms with van der Waals surface area (Å²) >= 11 is 1.20. The fraction of sp³-hybridized carbons (Fsp3) is 0.467. The fourth-order valence-corrected chi connectivity index (χ4v) is 8.22. The van der Waals surface area contributed by atoms with Crippen LogP contribution in [-0.2, 0) is 24.3 Å². The van der Waals surface area contributed by atoms with Crippen molar-refractivity contribution in [2.75, 3.05) is 25.0 Å². The monoisotopic (exact) mass is 629 g/mol. The van der Waals surface area contributed by atoms with Crippen molar-refractivity contribution in [2.24, 2.45) is 5.92 Å². The molecule has 2 heterocycles. The maximum Gasteiger partial charge on any atom is 0.335 e. The first-order valence-corrected chi connectivity index (χ1v) is 16.7. The summed E-state index contributed by atoms with van der Waals surface area (Å²) < 4.78 is 34.6. The number of sulfonamides is 1. The third-order valence-corrected chi connectivity index (χ3v) is 11.0. The number of nitrogens with one attached hydrogen (secondary N) is 1. The predicted molar refractivity (Wildman–Crippen MR) is 161 cm³/mol. The maximum absolute atomic E-state index is 13.7. The Morgan fingerprint density at radius 3 is 2.44 bits per heavy atom. The second-order valence-corrected chi connectivity index (χ2v) is 14.1. The number of aliphatic carboxylic acids is 1. The summed E-state index contributed by atoms with van der Waals surface area (Å²) in [5.74, 6) is -2.57. The lowest BCUT2D eigenvalue weighted by Crippen LogP contribution is -2.38. The molecule has 0 bridgehead atoms. The molecule has 1 saturated carbocycles. The third-order valence-electron chi connectivity index (χ3n) is 8.15. The van der Waals surface area contributed by atoms with E-state index >= 15 is 0 Å². The van der Waals surface area contributed by atoms with Gasteiger partial charge in [0.2, 0.25) is 15.9 Å². The summed E-state index contributed by atoms with van der Waals surface area (Å²) in [6.07, 6.45) is 5.82. The minimum atomic E-state index is -4.00. The van der Waals surface area contributed by atoms with Gasteiger partial charge in [0, 0.05) is 19.7 Å². The van der Waals surface area contributed by atoms with E-state index in [-0.39, 0.29) is 42.0 Å². The number of hydrogen-bond donors (Lipinski definition) is 3. The molecule has 1 aliphatic heterocycles. The van der Waals surface area contributed by atoms with Crippen molar-refractivity contribution >= 4 is 54.6 Å². The number of carbonyl (C=O) groups excluding carboxylic acids is 1. The molecule has 1 aliphatic carbocycles. The highest BCUT2D eigenvalue weighted by molar-refractivity contribution is 7.89. The number of amides is 1. The van der Waals surface area contributed by atoms with Crippen LogP contribution in [0.1, 0.15) is 73.2 Å². The first-order chi connectivity index (χ1) is 20.6. The number of carboxylic acid groups (broad SMARTS) is 2. The second-order valence-electron chi connectivity index (χ2n) is 11.1. The van der Waals surface area contributed by atoms with Gasteiger partial charge in [-0.2, -0.15) is 4.31 Å². The number of benzene rings is 2. The van der Waals surface area contributed by atoms with Gasteiger partial charge in [0.15, 0.2) is 5.13 Å². The number of hydrogen-bond acceptors (Lipinski definition) is 8. The largest absolute Gasteiger partial charge is 0.481 e. The molecule has 1 aromatic heterocycles. The zero-order chi connectivity index (χ0) is 30.6. The van der Waals surface area contributed by atoms with Gasteiger partial charge in [-0.15, -0.1) is 0 Å². The second kappa shape index (κ2) is 13.5. The Hall–Kier alpha value is -3.39. The number of aromatic nitrogens is 1. The van der Waals surface area contributed by atoms with Gasteiger partial charge in [-0.05, 0) is 61.1 Å². The summed E-state index contributed by atoms with van der Waals surface area (Å²) in [6, 6.07) is 10.9. The summed E-state index contributed by atoms with van der Waals surface area (Å²) in [6.45, 7) is 0.472. The van der Waals surface area contributed by atoms with Gasteiger partial charge >= 0.3 is 11.9 Å². The molecule has 11 nitrogen and oxygen atoms in total. The molecule has 5 rings (SSSR count). The first-order valence-electron chi connectivity index (χ1n) is 14.5. The standard InChI is InChI=1S/C30H35N3O8S2/c34-27(35)13-14-33(18-22-6-3-15-41-22)43(39,40)23-10-7-20(8-11-23)24(16-19-4-1-2-5-19)28(36)32-30-31-25-12-9-21(29(37)38)17-26(25)42-30/h7-12,17,19,22,24H,1-6,13-16,18H2,(H,34,35)(H,37,38)(H,31,32,36)/t22-,24-/m1/s1. The fourth-order valence-electron chi connectivity index (χ4n) is 5.84. The number of anilines is 1. The third kappa shape index (κ3) is 7.58. The van der Waals surface area contributed by atoms with Crippen molar-refractivity contribution in [1.82, 2.24) is 9.29 Å². The van der Waals surface area contributed by atoms with E-state index in [2.05, 4.69) is 10.3 Å². The minimum absolute atomic E-state index is 0.0278. The Labute approximate surface area is 253 Å². The van der Waals surface area contributed by atoms with Crippen molar-refractivity contribution in [3.8, 4) is 0 Å². The molecule has 0 spiro atoms. The average molecular weight is 630 g/mol. The lowest BCUT2D eigenvalue weighted by molar-refractivity contribution is -0.137. The number of carbonyl (C=O) groups is 3. The van der Waals surface area contributed by atoms with Crippen molar-refractivity contribution in [2.45, 2.75) is 68.3 Å². The van der Waals surface area contributed by atoms with E-state index in [9.17, 15) is 33.0 Å². The Balaban J connectivity index is 1.37. The topological polar surface area (TPSA) is 163 Å².